The van der Waals surface area contributed by atoms with Gasteiger partial charge in [0, 0.05) is 13.1 Å². The first-order valence-electron chi connectivity index (χ1n) is 9.43. The van der Waals surface area contributed by atoms with Crippen LogP contribution in [0.15, 0.2) is 0 Å². The number of rotatable bonds is 3. The third kappa shape index (κ3) is 3.28. The summed E-state index contributed by atoms with van der Waals surface area (Å²) in [4.78, 5) is 40.7. The van der Waals surface area contributed by atoms with Gasteiger partial charge in [0.15, 0.2) is 0 Å². The third-order valence-corrected chi connectivity index (χ3v) is 6.01. The van der Waals surface area contributed by atoms with Gasteiger partial charge < -0.3 is 10.2 Å². The molecule has 2 saturated carbocycles. The highest BCUT2D eigenvalue weighted by molar-refractivity contribution is 6.09. The van der Waals surface area contributed by atoms with Gasteiger partial charge in [-0.25, -0.2) is 4.79 Å². The van der Waals surface area contributed by atoms with E-state index in [0.29, 0.717) is 12.8 Å². The fraction of sp³-hybridized carbons (Fsp3) is 0.833. The summed E-state index contributed by atoms with van der Waals surface area (Å²) in [5, 5.41) is 2.90. The van der Waals surface area contributed by atoms with Gasteiger partial charge in [0.2, 0.25) is 5.91 Å². The summed E-state index contributed by atoms with van der Waals surface area (Å²) < 4.78 is 0. The van der Waals surface area contributed by atoms with Gasteiger partial charge >= 0.3 is 6.03 Å². The second-order valence-corrected chi connectivity index (χ2v) is 7.61. The molecule has 3 aliphatic rings. The van der Waals surface area contributed by atoms with E-state index in [1.54, 1.807) is 11.9 Å². The lowest BCUT2D eigenvalue weighted by molar-refractivity contribution is -0.140. The highest BCUT2D eigenvalue weighted by atomic mass is 16.2. The summed E-state index contributed by atoms with van der Waals surface area (Å²) in [6.07, 6.45) is 11.1. The highest BCUT2D eigenvalue weighted by Crippen LogP contribution is 2.32. The lowest BCUT2D eigenvalue weighted by Crippen LogP contribution is -2.48. The Hall–Kier alpha value is -1.59. The lowest BCUT2D eigenvalue weighted by atomic mass is 9.90. The normalized spacial score (nSPS) is 24.8. The summed E-state index contributed by atoms with van der Waals surface area (Å²) in [5.74, 6) is -0.323. The quantitative estimate of drug-likeness (QED) is 0.805. The van der Waals surface area contributed by atoms with Gasteiger partial charge in [-0.3, -0.25) is 14.5 Å². The average molecular weight is 335 g/mol. The molecule has 1 heterocycles. The van der Waals surface area contributed by atoms with Crippen molar-refractivity contribution in [3.05, 3.63) is 0 Å². The SMILES string of the molecule is CN(C(=O)CN1C(=O)NC2(CCCCCC2)C1=O)C1CCCCC1. The Balaban J connectivity index is 1.64. The molecule has 4 amide bonds. The van der Waals surface area contributed by atoms with Gasteiger partial charge in [-0.15, -0.1) is 0 Å². The molecule has 0 radical (unpaired) electrons. The zero-order chi connectivity index (χ0) is 17.2. The molecule has 134 valence electrons. The van der Waals surface area contributed by atoms with Crippen LogP contribution in [0.3, 0.4) is 0 Å². The first-order valence-corrected chi connectivity index (χ1v) is 9.43. The highest BCUT2D eigenvalue weighted by Gasteiger charge is 2.51. The monoisotopic (exact) mass is 335 g/mol. The lowest BCUT2D eigenvalue weighted by Gasteiger charge is -2.32. The van der Waals surface area contributed by atoms with Crippen molar-refractivity contribution in [2.24, 2.45) is 0 Å². The Labute approximate surface area is 143 Å². The standard InChI is InChI=1S/C18H29N3O3/c1-20(14-9-5-4-6-10-14)15(22)13-21-16(23)18(19-17(21)24)11-7-2-3-8-12-18/h14H,2-13H2,1H3,(H,19,24). The number of amides is 4. The van der Waals surface area contributed by atoms with E-state index in [4.69, 9.17) is 0 Å². The van der Waals surface area contributed by atoms with Crippen LogP contribution in [-0.4, -0.2) is 52.8 Å². The topological polar surface area (TPSA) is 69.7 Å². The molecule has 1 aliphatic heterocycles. The van der Waals surface area contributed by atoms with E-state index in [1.165, 1.54) is 6.42 Å². The molecule has 6 heteroatoms. The van der Waals surface area contributed by atoms with Crippen molar-refractivity contribution < 1.29 is 14.4 Å². The molecule has 6 nitrogen and oxygen atoms in total. The number of hydrogen-bond donors (Lipinski definition) is 1. The van der Waals surface area contributed by atoms with Crippen LogP contribution in [0.1, 0.15) is 70.6 Å². The molecule has 24 heavy (non-hydrogen) atoms. The van der Waals surface area contributed by atoms with Crippen molar-refractivity contribution in [1.82, 2.24) is 15.1 Å². The van der Waals surface area contributed by atoms with E-state index < -0.39 is 11.6 Å². The number of nitrogens with one attached hydrogen (secondary N) is 1. The molecule has 0 aromatic carbocycles. The van der Waals surface area contributed by atoms with Crippen LogP contribution < -0.4 is 5.32 Å². The number of carbonyl (C=O) groups is 3. The maximum absolute atomic E-state index is 12.9. The van der Waals surface area contributed by atoms with Gasteiger partial charge in [0.05, 0.1) is 0 Å². The van der Waals surface area contributed by atoms with Crippen LogP contribution in [0.2, 0.25) is 0 Å². The Morgan fingerprint density at radius 1 is 1.08 bits per heavy atom. The summed E-state index contributed by atoms with van der Waals surface area (Å²) >= 11 is 0. The molecule has 3 rings (SSSR count). The summed E-state index contributed by atoms with van der Waals surface area (Å²) in [6.45, 7) is -0.126. The number of imide groups is 1. The second-order valence-electron chi connectivity index (χ2n) is 7.61. The van der Waals surface area contributed by atoms with Crippen LogP contribution in [0.4, 0.5) is 4.79 Å². The minimum Gasteiger partial charge on any atom is -0.341 e. The predicted molar refractivity (Wildman–Crippen MR) is 90.3 cm³/mol. The van der Waals surface area contributed by atoms with Gasteiger partial charge in [0.1, 0.15) is 12.1 Å². The van der Waals surface area contributed by atoms with Crippen LogP contribution in [0.5, 0.6) is 0 Å². The van der Waals surface area contributed by atoms with Gasteiger partial charge in [-0.1, -0.05) is 44.9 Å². The van der Waals surface area contributed by atoms with E-state index in [2.05, 4.69) is 5.32 Å². The first kappa shape index (κ1) is 17.2. The third-order valence-electron chi connectivity index (χ3n) is 6.01. The summed E-state index contributed by atoms with van der Waals surface area (Å²) in [5.41, 5.74) is -0.753. The van der Waals surface area contributed by atoms with Crippen LogP contribution in [0.25, 0.3) is 0 Å². The van der Waals surface area contributed by atoms with Crippen molar-refractivity contribution in [1.29, 1.82) is 0 Å². The number of nitrogens with zero attached hydrogens (tertiary/aromatic N) is 2. The smallest absolute Gasteiger partial charge is 0.325 e. The minimum atomic E-state index is -0.753. The predicted octanol–water partition coefficient (Wildman–Crippen LogP) is 2.42. The molecule has 0 aromatic heterocycles. The molecule has 1 spiro atoms. The molecule has 1 saturated heterocycles. The van der Waals surface area contributed by atoms with Crippen molar-refractivity contribution in [2.75, 3.05) is 13.6 Å². The molecule has 0 unspecified atom stereocenters. The maximum atomic E-state index is 12.9. The molecule has 0 bridgehead atoms. The zero-order valence-corrected chi connectivity index (χ0v) is 14.7. The van der Waals surface area contributed by atoms with Crippen LogP contribution >= 0.6 is 0 Å². The first-order chi connectivity index (χ1) is 11.5. The minimum absolute atomic E-state index is 0.126. The Bertz CT molecular complexity index is 506. The van der Waals surface area contributed by atoms with E-state index in [1.807, 2.05) is 0 Å². The van der Waals surface area contributed by atoms with Crippen LogP contribution in [-0.2, 0) is 9.59 Å². The Kier molecular flexibility index (Phi) is 5.11. The average Bonchev–Trinajstić information content (AvgIpc) is 2.77. The maximum Gasteiger partial charge on any atom is 0.325 e. The largest absolute Gasteiger partial charge is 0.341 e. The fourth-order valence-electron chi connectivity index (χ4n) is 4.41. The van der Waals surface area contributed by atoms with E-state index in [-0.39, 0.29) is 24.4 Å². The molecule has 2 aliphatic carbocycles. The summed E-state index contributed by atoms with van der Waals surface area (Å²) in [6, 6.07) is -0.147. The Morgan fingerprint density at radius 3 is 2.29 bits per heavy atom. The van der Waals surface area contributed by atoms with Crippen LogP contribution in [0, 0.1) is 0 Å². The molecular weight excluding hydrogens is 306 g/mol. The zero-order valence-electron chi connectivity index (χ0n) is 14.7. The molecular formula is C18H29N3O3. The van der Waals surface area contributed by atoms with Gasteiger partial charge in [0.25, 0.3) is 5.91 Å². The van der Waals surface area contributed by atoms with E-state index in [9.17, 15) is 14.4 Å². The second kappa shape index (κ2) is 7.11. The molecule has 3 fully saturated rings. The van der Waals surface area contributed by atoms with E-state index >= 15 is 0 Å². The fourth-order valence-corrected chi connectivity index (χ4v) is 4.41. The number of urea groups is 1. The molecule has 0 atom stereocenters. The van der Waals surface area contributed by atoms with E-state index in [0.717, 1.165) is 56.3 Å². The van der Waals surface area contributed by atoms with Gasteiger partial charge in [-0.2, -0.15) is 0 Å². The number of hydrogen-bond acceptors (Lipinski definition) is 3. The molecule has 1 N–H and O–H groups in total. The molecule has 0 aromatic rings. The van der Waals surface area contributed by atoms with Crippen molar-refractivity contribution in [3.63, 3.8) is 0 Å². The Morgan fingerprint density at radius 2 is 1.67 bits per heavy atom. The van der Waals surface area contributed by atoms with Gasteiger partial charge in [-0.05, 0) is 25.7 Å². The van der Waals surface area contributed by atoms with Crippen molar-refractivity contribution >= 4 is 17.8 Å². The number of carbonyl (C=O) groups excluding carboxylic acids is 3. The van der Waals surface area contributed by atoms with Crippen molar-refractivity contribution in [2.45, 2.75) is 82.2 Å². The summed E-state index contributed by atoms with van der Waals surface area (Å²) in [7, 11) is 1.80. The van der Waals surface area contributed by atoms with Crippen molar-refractivity contribution in [3.8, 4) is 0 Å². The number of likely N-dealkylation sites (N-methyl/N-ethyl adjacent to an activating group) is 1.